The molecule has 0 heterocycles. The molecule has 1 unspecified atom stereocenters. The third-order valence-electron chi connectivity index (χ3n) is 2.95. The van der Waals surface area contributed by atoms with Gasteiger partial charge in [0.25, 0.3) is 5.91 Å². The van der Waals surface area contributed by atoms with Crippen molar-refractivity contribution < 1.29 is 14.0 Å². The van der Waals surface area contributed by atoms with Crippen LogP contribution in [0.2, 0.25) is 0 Å². The van der Waals surface area contributed by atoms with Crippen molar-refractivity contribution in [3.8, 4) is 0 Å². The molecule has 1 atom stereocenters. The monoisotopic (exact) mass is 271 g/mol. The Morgan fingerprint density at radius 3 is 2.35 bits per heavy atom. The van der Waals surface area contributed by atoms with E-state index in [0.29, 0.717) is 5.56 Å². The second-order valence-electron chi connectivity index (χ2n) is 4.35. The van der Waals surface area contributed by atoms with Crippen LogP contribution in [0.15, 0.2) is 54.6 Å². The van der Waals surface area contributed by atoms with E-state index in [4.69, 9.17) is 0 Å². The smallest absolute Gasteiger partial charge is 0.251 e. The maximum Gasteiger partial charge on any atom is 0.251 e. The second kappa shape index (κ2) is 6.61. The summed E-state index contributed by atoms with van der Waals surface area (Å²) in [4.78, 5) is 22.8. The van der Waals surface area contributed by atoms with Crippen molar-refractivity contribution in [2.75, 3.05) is 0 Å². The zero-order valence-electron chi connectivity index (χ0n) is 10.8. The fourth-order valence-corrected chi connectivity index (χ4v) is 1.90. The normalized spacial score (nSPS) is 11.7. The Bertz CT molecular complexity index is 581. The van der Waals surface area contributed by atoms with E-state index in [1.807, 2.05) is 30.3 Å². The van der Waals surface area contributed by atoms with Crippen LogP contribution >= 0.6 is 0 Å². The lowest BCUT2D eigenvalue weighted by Crippen LogP contribution is -2.28. The van der Waals surface area contributed by atoms with Crippen LogP contribution in [0.1, 0.15) is 28.4 Å². The first-order valence-corrected chi connectivity index (χ1v) is 6.25. The number of nitrogens with one attached hydrogen (secondary N) is 1. The van der Waals surface area contributed by atoms with Gasteiger partial charge < -0.3 is 10.1 Å². The predicted octanol–water partition coefficient (Wildman–Crippen LogP) is 2.89. The second-order valence-corrected chi connectivity index (χ2v) is 4.35. The molecule has 2 rings (SSSR count). The van der Waals surface area contributed by atoms with E-state index in [1.54, 1.807) is 0 Å². The molecule has 0 saturated carbocycles. The van der Waals surface area contributed by atoms with Crippen molar-refractivity contribution in [1.29, 1.82) is 0 Å². The van der Waals surface area contributed by atoms with Crippen molar-refractivity contribution in [1.82, 2.24) is 5.32 Å². The molecule has 20 heavy (non-hydrogen) atoms. The quantitative estimate of drug-likeness (QED) is 0.850. The fraction of sp³-hybridized carbons (Fsp3) is 0.125. The topological polar surface area (TPSA) is 46.2 Å². The summed E-state index contributed by atoms with van der Waals surface area (Å²) in [5, 5.41) is 2.78. The minimum absolute atomic E-state index is 0.191. The third-order valence-corrected chi connectivity index (χ3v) is 2.95. The maximum absolute atomic E-state index is 12.8. The Morgan fingerprint density at radius 1 is 1.10 bits per heavy atom. The molecule has 0 aliphatic carbocycles. The van der Waals surface area contributed by atoms with Crippen LogP contribution in [-0.4, -0.2) is 12.2 Å². The van der Waals surface area contributed by atoms with Crippen LogP contribution in [0.5, 0.6) is 0 Å². The summed E-state index contributed by atoms with van der Waals surface area (Å²) in [6.07, 6.45) is 0.958. The molecule has 2 aromatic carbocycles. The molecule has 0 saturated heterocycles. The number of hydrogen-bond donors (Lipinski definition) is 1. The summed E-state index contributed by atoms with van der Waals surface area (Å²) in [6.45, 7) is 0. The summed E-state index contributed by atoms with van der Waals surface area (Å²) in [5.74, 6) is -0.727. The van der Waals surface area contributed by atoms with Crippen molar-refractivity contribution in [3.05, 3.63) is 71.5 Å². The van der Waals surface area contributed by atoms with Gasteiger partial charge >= 0.3 is 0 Å². The SMILES string of the molecule is O=CCC(NC(=O)c1ccc(F)cc1)c1ccccc1. The van der Waals surface area contributed by atoms with E-state index in [1.165, 1.54) is 24.3 Å². The van der Waals surface area contributed by atoms with E-state index < -0.39 is 5.82 Å². The lowest BCUT2D eigenvalue weighted by Gasteiger charge is -2.16. The molecule has 1 amide bonds. The Morgan fingerprint density at radius 2 is 1.75 bits per heavy atom. The highest BCUT2D eigenvalue weighted by Crippen LogP contribution is 2.16. The molecule has 1 N–H and O–H groups in total. The Hall–Kier alpha value is -2.49. The molecule has 2 aromatic rings. The van der Waals surface area contributed by atoms with Crippen molar-refractivity contribution in [2.24, 2.45) is 0 Å². The molecular weight excluding hydrogens is 257 g/mol. The zero-order chi connectivity index (χ0) is 14.4. The first-order valence-electron chi connectivity index (χ1n) is 6.25. The standard InChI is InChI=1S/C16H14FNO2/c17-14-8-6-13(7-9-14)16(20)18-15(10-11-19)12-4-2-1-3-5-12/h1-9,11,15H,10H2,(H,18,20). The van der Waals surface area contributed by atoms with Crippen LogP contribution in [0.4, 0.5) is 4.39 Å². The van der Waals surface area contributed by atoms with Crippen LogP contribution in [-0.2, 0) is 4.79 Å². The molecular formula is C16H14FNO2. The Balaban J connectivity index is 2.14. The molecule has 0 bridgehead atoms. The van der Waals surface area contributed by atoms with Gasteiger partial charge in [-0.15, -0.1) is 0 Å². The van der Waals surface area contributed by atoms with Gasteiger partial charge in [0.1, 0.15) is 12.1 Å². The first kappa shape index (κ1) is 13.9. The van der Waals surface area contributed by atoms with E-state index in [9.17, 15) is 14.0 Å². The van der Waals surface area contributed by atoms with Gasteiger partial charge in [-0.3, -0.25) is 4.79 Å². The van der Waals surface area contributed by atoms with Gasteiger partial charge in [-0.2, -0.15) is 0 Å². The average Bonchev–Trinajstić information content (AvgIpc) is 2.48. The molecule has 0 aliphatic rings. The van der Waals surface area contributed by atoms with E-state index in [2.05, 4.69) is 5.32 Å². The minimum atomic E-state index is -0.394. The number of carbonyl (C=O) groups is 2. The summed E-state index contributed by atoms with van der Waals surface area (Å²) in [5.41, 5.74) is 1.22. The number of aldehydes is 1. The van der Waals surface area contributed by atoms with Gasteiger partial charge in [-0.25, -0.2) is 4.39 Å². The molecule has 0 spiro atoms. The van der Waals surface area contributed by atoms with Gasteiger partial charge in [0.05, 0.1) is 6.04 Å². The minimum Gasteiger partial charge on any atom is -0.345 e. The van der Waals surface area contributed by atoms with Crippen LogP contribution in [0.25, 0.3) is 0 Å². The molecule has 0 aromatic heterocycles. The van der Waals surface area contributed by atoms with Gasteiger partial charge in [-0.1, -0.05) is 30.3 Å². The van der Waals surface area contributed by atoms with Gasteiger partial charge in [0, 0.05) is 12.0 Å². The number of hydrogen-bond acceptors (Lipinski definition) is 2. The average molecular weight is 271 g/mol. The largest absolute Gasteiger partial charge is 0.345 e. The third kappa shape index (κ3) is 3.51. The molecule has 0 aliphatic heterocycles. The number of amides is 1. The highest BCUT2D eigenvalue weighted by atomic mass is 19.1. The van der Waals surface area contributed by atoms with Gasteiger partial charge in [0.15, 0.2) is 0 Å². The lowest BCUT2D eigenvalue weighted by molar-refractivity contribution is -0.108. The maximum atomic E-state index is 12.8. The summed E-state index contributed by atoms with van der Waals surface area (Å²) >= 11 is 0. The molecule has 4 heteroatoms. The van der Waals surface area contributed by atoms with Crippen LogP contribution in [0, 0.1) is 5.82 Å². The number of benzene rings is 2. The first-order chi connectivity index (χ1) is 9.70. The van der Waals surface area contributed by atoms with E-state index in [-0.39, 0.29) is 18.4 Å². The lowest BCUT2D eigenvalue weighted by atomic mass is 10.0. The Labute approximate surface area is 116 Å². The number of rotatable bonds is 5. The fourth-order valence-electron chi connectivity index (χ4n) is 1.90. The van der Waals surface area contributed by atoms with E-state index >= 15 is 0 Å². The highest BCUT2D eigenvalue weighted by Gasteiger charge is 2.15. The number of halogens is 1. The highest BCUT2D eigenvalue weighted by molar-refractivity contribution is 5.94. The molecule has 0 fully saturated rings. The predicted molar refractivity (Wildman–Crippen MR) is 73.7 cm³/mol. The zero-order valence-corrected chi connectivity index (χ0v) is 10.8. The van der Waals surface area contributed by atoms with Crippen molar-refractivity contribution >= 4 is 12.2 Å². The van der Waals surface area contributed by atoms with Crippen LogP contribution in [0.3, 0.4) is 0 Å². The summed E-state index contributed by atoms with van der Waals surface area (Å²) in [7, 11) is 0. The Kier molecular flexibility index (Phi) is 4.60. The summed E-state index contributed by atoms with van der Waals surface area (Å²) < 4.78 is 12.8. The molecule has 102 valence electrons. The van der Waals surface area contributed by atoms with Gasteiger partial charge in [-0.05, 0) is 29.8 Å². The number of carbonyl (C=O) groups excluding carboxylic acids is 2. The molecule has 3 nitrogen and oxygen atoms in total. The van der Waals surface area contributed by atoms with Crippen LogP contribution < -0.4 is 5.32 Å². The van der Waals surface area contributed by atoms with Crippen molar-refractivity contribution in [3.63, 3.8) is 0 Å². The summed E-state index contributed by atoms with van der Waals surface area (Å²) in [6, 6.07) is 14.1. The van der Waals surface area contributed by atoms with Crippen molar-refractivity contribution in [2.45, 2.75) is 12.5 Å². The molecule has 0 radical (unpaired) electrons. The van der Waals surface area contributed by atoms with E-state index in [0.717, 1.165) is 11.8 Å². The van der Waals surface area contributed by atoms with Gasteiger partial charge in [0.2, 0.25) is 0 Å².